The summed E-state index contributed by atoms with van der Waals surface area (Å²) < 4.78 is -1.78. The zero-order chi connectivity index (χ0) is 21.3. The Kier molecular flexibility index (Phi) is 9.10. The molecule has 1 amide bonds. The van der Waals surface area contributed by atoms with Crippen LogP contribution >= 0.6 is 47.0 Å². The lowest BCUT2D eigenvalue weighted by Gasteiger charge is -2.27. The van der Waals surface area contributed by atoms with E-state index in [0.29, 0.717) is 24.2 Å². The molecular formula is C19H20Cl3N5OS. The van der Waals surface area contributed by atoms with Crippen LogP contribution in [0.3, 0.4) is 0 Å². The van der Waals surface area contributed by atoms with Gasteiger partial charge in [0.25, 0.3) is 0 Å². The average molecular weight is 473 g/mol. The van der Waals surface area contributed by atoms with Gasteiger partial charge in [-0.25, -0.2) is 0 Å². The van der Waals surface area contributed by atoms with E-state index < -0.39 is 9.96 Å². The first-order valence-corrected chi connectivity index (χ1v) is 10.3. The molecule has 0 aromatic heterocycles. The fourth-order valence-corrected chi connectivity index (χ4v) is 2.74. The third kappa shape index (κ3) is 8.53. The maximum atomic E-state index is 11.8. The van der Waals surface area contributed by atoms with Gasteiger partial charge in [0.05, 0.1) is 11.4 Å². The maximum Gasteiger partial charge on any atom is 0.228 e. The molecule has 0 radical (unpaired) electrons. The van der Waals surface area contributed by atoms with Gasteiger partial charge in [0.15, 0.2) is 5.11 Å². The summed E-state index contributed by atoms with van der Waals surface area (Å²) in [6.07, 6.45) is 0.0122. The Morgan fingerprint density at radius 1 is 1.00 bits per heavy atom. The number of nitrogens with zero attached hydrogens (tertiary/aromatic N) is 2. The minimum atomic E-state index is -1.78. The average Bonchev–Trinajstić information content (AvgIpc) is 2.67. The van der Waals surface area contributed by atoms with Crippen molar-refractivity contribution in [3.8, 4) is 0 Å². The molecule has 0 saturated heterocycles. The van der Waals surface area contributed by atoms with Crippen molar-refractivity contribution in [2.75, 3.05) is 5.32 Å². The Bertz CT molecular complexity index is 841. The van der Waals surface area contributed by atoms with E-state index in [9.17, 15) is 4.79 Å². The van der Waals surface area contributed by atoms with Crippen LogP contribution in [-0.4, -0.2) is 21.0 Å². The first kappa shape index (κ1) is 23.3. The van der Waals surface area contributed by atoms with Crippen molar-refractivity contribution in [3.63, 3.8) is 0 Å². The number of amides is 1. The summed E-state index contributed by atoms with van der Waals surface area (Å²) in [5.41, 5.74) is 2.15. The Balaban J connectivity index is 1.95. The second-order valence-corrected chi connectivity index (χ2v) is 8.75. The number of halogens is 3. The summed E-state index contributed by atoms with van der Waals surface area (Å²) in [7, 11) is 0. The molecule has 2 aromatic carbocycles. The van der Waals surface area contributed by atoms with Crippen LogP contribution in [0, 0.1) is 0 Å². The lowest BCUT2D eigenvalue weighted by molar-refractivity contribution is -0.121. The van der Waals surface area contributed by atoms with Crippen LogP contribution in [0.15, 0.2) is 64.8 Å². The highest BCUT2D eigenvalue weighted by Crippen LogP contribution is 2.29. The van der Waals surface area contributed by atoms with Gasteiger partial charge in [-0.1, -0.05) is 59.9 Å². The number of azo groups is 1. The molecule has 2 aromatic rings. The second-order valence-electron chi connectivity index (χ2n) is 5.97. The quantitative estimate of drug-likeness (QED) is 0.200. The van der Waals surface area contributed by atoms with Crippen molar-refractivity contribution >= 4 is 75.1 Å². The SMILES string of the molecule is CCCC(=O)N[C@H](NC(=S)Nc1ccc(N=Nc2ccccc2)cc1)C(Cl)(Cl)Cl. The molecule has 0 aliphatic rings. The number of benzene rings is 2. The summed E-state index contributed by atoms with van der Waals surface area (Å²) >= 11 is 23.1. The van der Waals surface area contributed by atoms with E-state index in [-0.39, 0.29) is 11.0 Å². The molecule has 10 heteroatoms. The van der Waals surface area contributed by atoms with Crippen molar-refractivity contribution < 1.29 is 4.79 Å². The Hall–Kier alpha value is -1.93. The van der Waals surface area contributed by atoms with Gasteiger partial charge < -0.3 is 16.0 Å². The number of hydrogen-bond donors (Lipinski definition) is 3. The number of alkyl halides is 3. The molecule has 6 nitrogen and oxygen atoms in total. The highest BCUT2D eigenvalue weighted by atomic mass is 35.6. The van der Waals surface area contributed by atoms with Crippen LogP contribution in [0.25, 0.3) is 0 Å². The molecule has 2 rings (SSSR count). The van der Waals surface area contributed by atoms with E-state index in [1.165, 1.54) is 0 Å². The Labute approximate surface area is 190 Å². The molecule has 29 heavy (non-hydrogen) atoms. The van der Waals surface area contributed by atoms with Gasteiger partial charge >= 0.3 is 0 Å². The molecule has 0 aliphatic heterocycles. The molecule has 0 bridgehead atoms. The molecule has 154 valence electrons. The fourth-order valence-electron chi connectivity index (χ4n) is 2.18. The number of rotatable bonds is 7. The number of anilines is 1. The van der Waals surface area contributed by atoms with Crippen LogP contribution in [-0.2, 0) is 4.79 Å². The van der Waals surface area contributed by atoms with Gasteiger partial charge in [-0.05, 0) is 55.0 Å². The third-order valence-corrected chi connectivity index (χ3v) is 4.42. The minimum Gasteiger partial charge on any atom is -0.339 e. The highest BCUT2D eigenvalue weighted by molar-refractivity contribution is 7.80. The zero-order valence-corrected chi connectivity index (χ0v) is 18.6. The molecule has 3 N–H and O–H groups in total. The number of thiocarbonyl (C=S) groups is 1. The van der Waals surface area contributed by atoms with Crippen molar-refractivity contribution in [2.24, 2.45) is 10.2 Å². The molecular weight excluding hydrogens is 453 g/mol. The first-order valence-electron chi connectivity index (χ1n) is 8.78. The summed E-state index contributed by atoms with van der Waals surface area (Å²) in [6.45, 7) is 1.88. The third-order valence-electron chi connectivity index (χ3n) is 3.55. The number of carbonyl (C=O) groups excluding carboxylic acids is 1. The number of carbonyl (C=O) groups is 1. The molecule has 0 aliphatic carbocycles. The van der Waals surface area contributed by atoms with Crippen LogP contribution < -0.4 is 16.0 Å². The predicted octanol–water partition coefficient (Wildman–Crippen LogP) is 6.00. The van der Waals surface area contributed by atoms with E-state index in [2.05, 4.69) is 26.2 Å². The highest BCUT2D eigenvalue weighted by Gasteiger charge is 2.34. The van der Waals surface area contributed by atoms with Crippen LogP contribution in [0.4, 0.5) is 17.1 Å². The zero-order valence-electron chi connectivity index (χ0n) is 15.5. The van der Waals surface area contributed by atoms with Crippen molar-refractivity contribution in [1.82, 2.24) is 10.6 Å². The number of nitrogens with one attached hydrogen (secondary N) is 3. The monoisotopic (exact) mass is 471 g/mol. The lowest BCUT2D eigenvalue weighted by Crippen LogP contribution is -2.56. The van der Waals surface area contributed by atoms with Crippen LogP contribution in [0.1, 0.15) is 19.8 Å². The lowest BCUT2D eigenvalue weighted by atomic mass is 10.3. The standard InChI is InChI=1S/C19H20Cl3N5OS/c1-2-6-16(28)24-17(19(20,21)22)25-18(29)23-13-9-11-15(12-10-13)27-26-14-7-4-3-5-8-14/h3-5,7-12,17H,2,6H2,1H3,(H,24,28)(H2,23,25,29)/t17-/m1/s1. The first-order chi connectivity index (χ1) is 13.8. The predicted molar refractivity (Wildman–Crippen MR) is 124 cm³/mol. The van der Waals surface area contributed by atoms with E-state index in [0.717, 1.165) is 5.69 Å². The number of hydrogen-bond acceptors (Lipinski definition) is 4. The van der Waals surface area contributed by atoms with Crippen molar-refractivity contribution in [3.05, 3.63) is 54.6 Å². The molecule has 0 spiro atoms. The van der Waals surface area contributed by atoms with Gasteiger partial charge in [-0.15, -0.1) is 0 Å². The van der Waals surface area contributed by atoms with Gasteiger partial charge in [-0.2, -0.15) is 10.2 Å². The van der Waals surface area contributed by atoms with Gasteiger partial charge in [-0.3, -0.25) is 4.79 Å². The van der Waals surface area contributed by atoms with E-state index in [1.807, 2.05) is 37.3 Å². The van der Waals surface area contributed by atoms with Crippen LogP contribution in [0.5, 0.6) is 0 Å². The normalized spacial score (nSPS) is 12.4. The fraction of sp³-hybridized carbons (Fsp3) is 0.263. The molecule has 0 heterocycles. The summed E-state index contributed by atoms with van der Waals surface area (Å²) in [6, 6.07) is 16.6. The van der Waals surface area contributed by atoms with Crippen LogP contribution in [0.2, 0.25) is 0 Å². The van der Waals surface area contributed by atoms with Crippen molar-refractivity contribution in [2.45, 2.75) is 29.7 Å². The summed E-state index contributed by atoms with van der Waals surface area (Å²) in [5.74, 6) is -0.243. The van der Waals surface area contributed by atoms with Gasteiger partial charge in [0.2, 0.25) is 9.70 Å². The molecule has 0 unspecified atom stereocenters. The van der Waals surface area contributed by atoms with E-state index >= 15 is 0 Å². The molecule has 0 fully saturated rings. The van der Waals surface area contributed by atoms with E-state index in [1.54, 1.807) is 24.3 Å². The Morgan fingerprint density at radius 2 is 1.59 bits per heavy atom. The van der Waals surface area contributed by atoms with Gasteiger partial charge in [0, 0.05) is 12.1 Å². The van der Waals surface area contributed by atoms with Gasteiger partial charge in [0.1, 0.15) is 6.17 Å². The largest absolute Gasteiger partial charge is 0.339 e. The minimum absolute atomic E-state index is 0.191. The smallest absolute Gasteiger partial charge is 0.228 e. The van der Waals surface area contributed by atoms with E-state index in [4.69, 9.17) is 47.0 Å². The molecule has 1 atom stereocenters. The van der Waals surface area contributed by atoms with Crippen molar-refractivity contribution in [1.29, 1.82) is 0 Å². The maximum absolute atomic E-state index is 11.8. The topological polar surface area (TPSA) is 77.9 Å². The Morgan fingerprint density at radius 3 is 2.14 bits per heavy atom. The summed E-state index contributed by atoms with van der Waals surface area (Å²) in [5, 5.41) is 16.9. The summed E-state index contributed by atoms with van der Waals surface area (Å²) in [4.78, 5) is 11.8. The second kappa shape index (κ2) is 11.3. The molecule has 0 saturated carbocycles.